The molecule has 0 aromatic carbocycles. The molecular weight excluding hydrogens is 252 g/mol. The van der Waals surface area contributed by atoms with Crippen molar-refractivity contribution in [2.24, 2.45) is 0 Å². The molecule has 98 valence electrons. The van der Waals surface area contributed by atoms with Crippen molar-refractivity contribution < 1.29 is 14.7 Å². The van der Waals surface area contributed by atoms with Crippen LogP contribution in [0, 0.1) is 0 Å². The highest BCUT2D eigenvalue weighted by molar-refractivity contribution is 8.00. The Hall–Kier alpha value is -1.56. The molecule has 1 aromatic heterocycles. The molecule has 1 N–H and O–H groups in total. The standard InChI is InChI=1S/C12H16N2O3S/c1-14(8-2-3-12(16)17)11(15)9-18-10-4-6-13-7-5-10/h4-7H,2-3,8-9H2,1H3,(H,16,17). The first-order valence-electron chi connectivity index (χ1n) is 5.58. The minimum atomic E-state index is -0.831. The highest BCUT2D eigenvalue weighted by Crippen LogP contribution is 2.16. The van der Waals surface area contributed by atoms with Crippen LogP contribution in [0.2, 0.25) is 0 Å². The van der Waals surface area contributed by atoms with Gasteiger partial charge in [-0.3, -0.25) is 14.6 Å². The van der Waals surface area contributed by atoms with Crippen LogP contribution in [0.15, 0.2) is 29.4 Å². The van der Waals surface area contributed by atoms with Crippen LogP contribution in [0.1, 0.15) is 12.8 Å². The maximum absolute atomic E-state index is 11.7. The van der Waals surface area contributed by atoms with Gasteiger partial charge in [0.2, 0.25) is 5.91 Å². The van der Waals surface area contributed by atoms with E-state index in [1.807, 2.05) is 12.1 Å². The molecule has 1 heterocycles. The van der Waals surface area contributed by atoms with Gasteiger partial charge < -0.3 is 10.0 Å². The summed E-state index contributed by atoms with van der Waals surface area (Å²) >= 11 is 1.45. The fourth-order valence-electron chi connectivity index (χ4n) is 1.28. The van der Waals surface area contributed by atoms with Gasteiger partial charge in [0.25, 0.3) is 0 Å². The second-order valence-electron chi connectivity index (χ2n) is 3.78. The number of hydrogen-bond acceptors (Lipinski definition) is 4. The number of carbonyl (C=O) groups excluding carboxylic acids is 1. The fourth-order valence-corrected chi connectivity index (χ4v) is 2.11. The number of carbonyl (C=O) groups is 2. The zero-order chi connectivity index (χ0) is 13.4. The summed E-state index contributed by atoms with van der Waals surface area (Å²) in [4.78, 5) is 28.5. The van der Waals surface area contributed by atoms with Crippen LogP contribution in [0.4, 0.5) is 0 Å². The molecule has 0 aliphatic rings. The smallest absolute Gasteiger partial charge is 0.303 e. The average Bonchev–Trinajstić information content (AvgIpc) is 2.36. The van der Waals surface area contributed by atoms with E-state index < -0.39 is 5.97 Å². The third kappa shape index (κ3) is 5.67. The number of rotatable bonds is 7. The third-order valence-electron chi connectivity index (χ3n) is 2.32. The van der Waals surface area contributed by atoms with E-state index in [0.717, 1.165) is 4.90 Å². The molecule has 0 saturated carbocycles. The summed E-state index contributed by atoms with van der Waals surface area (Å²) in [6, 6.07) is 3.70. The molecule has 1 amide bonds. The van der Waals surface area contributed by atoms with Gasteiger partial charge in [0.05, 0.1) is 5.75 Å². The Morgan fingerprint density at radius 1 is 1.39 bits per heavy atom. The summed E-state index contributed by atoms with van der Waals surface area (Å²) < 4.78 is 0. The Morgan fingerprint density at radius 3 is 2.67 bits per heavy atom. The Kier molecular flexibility index (Phi) is 6.21. The Balaban J connectivity index is 2.25. The third-order valence-corrected chi connectivity index (χ3v) is 3.32. The molecule has 0 bridgehead atoms. The number of hydrogen-bond donors (Lipinski definition) is 1. The van der Waals surface area contributed by atoms with Gasteiger partial charge in [-0.25, -0.2) is 0 Å². The summed E-state index contributed by atoms with van der Waals surface area (Å²) in [7, 11) is 1.69. The minimum absolute atomic E-state index is 0.00204. The number of carboxylic acid groups (broad SMARTS) is 1. The molecule has 0 radical (unpaired) electrons. The number of carboxylic acids is 1. The topological polar surface area (TPSA) is 70.5 Å². The minimum Gasteiger partial charge on any atom is -0.481 e. The molecule has 6 heteroatoms. The van der Waals surface area contributed by atoms with Crippen LogP contribution in [-0.4, -0.2) is 46.2 Å². The van der Waals surface area contributed by atoms with Crippen LogP contribution < -0.4 is 0 Å². The van der Waals surface area contributed by atoms with Crippen molar-refractivity contribution in [1.29, 1.82) is 0 Å². The quantitative estimate of drug-likeness (QED) is 0.759. The molecule has 0 aliphatic carbocycles. The van der Waals surface area contributed by atoms with Crippen molar-refractivity contribution in [3.05, 3.63) is 24.5 Å². The van der Waals surface area contributed by atoms with Crippen molar-refractivity contribution >= 4 is 23.6 Å². The normalized spacial score (nSPS) is 10.1. The van der Waals surface area contributed by atoms with Gasteiger partial charge in [0.1, 0.15) is 0 Å². The molecule has 0 aliphatic heterocycles. The summed E-state index contributed by atoms with van der Waals surface area (Å²) in [6.45, 7) is 0.474. The van der Waals surface area contributed by atoms with E-state index in [0.29, 0.717) is 18.7 Å². The molecule has 18 heavy (non-hydrogen) atoms. The van der Waals surface area contributed by atoms with Crippen molar-refractivity contribution in [2.45, 2.75) is 17.7 Å². The number of aromatic nitrogens is 1. The zero-order valence-corrected chi connectivity index (χ0v) is 11.0. The SMILES string of the molecule is CN(CCCC(=O)O)C(=O)CSc1ccncc1. The molecule has 0 saturated heterocycles. The van der Waals surface area contributed by atoms with Gasteiger partial charge in [-0.15, -0.1) is 11.8 Å². The first kappa shape index (κ1) is 14.5. The van der Waals surface area contributed by atoms with E-state index in [1.54, 1.807) is 24.3 Å². The van der Waals surface area contributed by atoms with Gasteiger partial charge in [-0.1, -0.05) is 0 Å². The van der Waals surface area contributed by atoms with Crippen molar-refractivity contribution in [3.8, 4) is 0 Å². The van der Waals surface area contributed by atoms with Gasteiger partial charge in [0, 0.05) is 37.3 Å². The monoisotopic (exact) mass is 268 g/mol. The molecule has 0 spiro atoms. The van der Waals surface area contributed by atoms with Crippen molar-refractivity contribution in [1.82, 2.24) is 9.88 Å². The molecule has 0 atom stereocenters. The lowest BCUT2D eigenvalue weighted by molar-refractivity contribution is -0.137. The maximum atomic E-state index is 11.7. The number of amides is 1. The first-order valence-corrected chi connectivity index (χ1v) is 6.56. The predicted octanol–water partition coefficient (Wildman–Crippen LogP) is 1.50. The zero-order valence-electron chi connectivity index (χ0n) is 10.2. The highest BCUT2D eigenvalue weighted by atomic mass is 32.2. The largest absolute Gasteiger partial charge is 0.481 e. The van der Waals surface area contributed by atoms with Crippen molar-refractivity contribution in [3.63, 3.8) is 0 Å². The van der Waals surface area contributed by atoms with Gasteiger partial charge >= 0.3 is 5.97 Å². The summed E-state index contributed by atoms with van der Waals surface area (Å²) in [5.41, 5.74) is 0. The van der Waals surface area contributed by atoms with E-state index >= 15 is 0 Å². The van der Waals surface area contributed by atoms with E-state index in [-0.39, 0.29) is 12.3 Å². The lowest BCUT2D eigenvalue weighted by Crippen LogP contribution is -2.29. The molecule has 0 unspecified atom stereocenters. The number of thioether (sulfide) groups is 1. The first-order chi connectivity index (χ1) is 8.59. The van der Waals surface area contributed by atoms with Gasteiger partial charge in [-0.2, -0.15) is 0 Å². The highest BCUT2D eigenvalue weighted by Gasteiger charge is 2.09. The molecular formula is C12H16N2O3S. The second kappa shape index (κ2) is 7.71. The van der Waals surface area contributed by atoms with Crippen LogP contribution in [-0.2, 0) is 9.59 Å². The Morgan fingerprint density at radius 2 is 2.06 bits per heavy atom. The van der Waals surface area contributed by atoms with Gasteiger partial charge in [0.15, 0.2) is 0 Å². The van der Waals surface area contributed by atoms with Crippen LogP contribution >= 0.6 is 11.8 Å². The predicted molar refractivity (Wildman–Crippen MR) is 69.5 cm³/mol. The summed E-state index contributed by atoms with van der Waals surface area (Å²) in [5.74, 6) is -0.475. The lowest BCUT2D eigenvalue weighted by Gasteiger charge is -2.16. The van der Waals surface area contributed by atoms with Crippen LogP contribution in [0.5, 0.6) is 0 Å². The van der Waals surface area contributed by atoms with E-state index in [9.17, 15) is 9.59 Å². The molecule has 5 nitrogen and oxygen atoms in total. The number of aliphatic carboxylic acids is 1. The summed E-state index contributed by atoms with van der Waals surface area (Å²) in [6.07, 6.45) is 3.94. The van der Waals surface area contributed by atoms with Gasteiger partial charge in [-0.05, 0) is 18.6 Å². The summed E-state index contributed by atoms with van der Waals surface area (Å²) in [5, 5.41) is 8.50. The Labute approximate surface area is 110 Å². The van der Waals surface area contributed by atoms with E-state index in [2.05, 4.69) is 4.98 Å². The number of nitrogens with zero attached hydrogens (tertiary/aromatic N) is 2. The second-order valence-corrected chi connectivity index (χ2v) is 4.83. The molecule has 1 aromatic rings. The van der Waals surface area contributed by atoms with E-state index in [1.165, 1.54) is 11.8 Å². The van der Waals surface area contributed by atoms with Crippen molar-refractivity contribution in [2.75, 3.05) is 19.3 Å². The Bertz CT molecular complexity index is 398. The average molecular weight is 268 g/mol. The van der Waals surface area contributed by atoms with Crippen LogP contribution in [0.25, 0.3) is 0 Å². The fraction of sp³-hybridized carbons (Fsp3) is 0.417. The lowest BCUT2D eigenvalue weighted by atomic mass is 10.3. The maximum Gasteiger partial charge on any atom is 0.303 e. The van der Waals surface area contributed by atoms with E-state index in [4.69, 9.17) is 5.11 Å². The molecule has 0 fully saturated rings. The molecule has 1 rings (SSSR count). The van der Waals surface area contributed by atoms with Crippen LogP contribution in [0.3, 0.4) is 0 Å². The number of pyridine rings is 1.